The first-order valence-electron chi connectivity index (χ1n) is 3.34. The number of rotatable bonds is 0. The molecule has 0 bridgehead atoms. The summed E-state index contributed by atoms with van der Waals surface area (Å²) in [5, 5.41) is 9.03. The Kier molecular flexibility index (Phi) is 2.55. The van der Waals surface area contributed by atoms with Gasteiger partial charge in [-0.3, -0.25) is 0 Å². The first-order valence-corrected chi connectivity index (χ1v) is 3.34. The maximum atomic E-state index is 9.03. The topological polar surface area (TPSA) is 29.5 Å². The average Bonchev–Trinajstić information content (AvgIpc) is 1.97. The molecule has 1 heterocycles. The molecule has 0 amide bonds. The van der Waals surface area contributed by atoms with E-state index < -0.39 is 0 Å². The van der Waals surface area contributed by atoms with Gasteiger partial charge in [-0.15, -0.1) is 0 Å². The van der Waals surface area contributed by atoms with Crippen LogP contribution in [0.1, 0.15) is 19.3 Å². The Bertz CT molecular complexity index is 77.1. The van der Waals surface area contributed by atoms with Crippen molar-refractivity contribution in [1.29, 1.82) is 0 Å². The molecule has 2 radical (unpaired) electrons. The normalized spacial score (nSPS) is 37.9. The van der Waals surface area contributed by atoms with Crippen LogP contribution in [0.25, 0.3) is 0 Å². The lowest BCUT2D eigenvalue weighted by Crippen LogP contribution is -2.16. The molecule has 0 unspecified atom stereocenters. The van der Waals surface area contributed by atoms with Crippen LogP contribution in [0.2, 0.25) is 0 Å². The van der Waals surface area contributed by atoms with Gasteiger partial charge >= 0.3 is 0 Å². The number of aliphatic hydroxyl groups is 1. The zero-order valence-corrected chi connectivity index (χ0v) is 5.42. The van der Waals surface area contributed by atoms with Gasteiger partial charge in [0.15, 0.2) is 0 Å². The smallest absolute Gasteiger partial charge is 0.108 e. The highest BCUT2D eigenvalue weighted by Crippen LogP contribution is 2.10. The monoisotopic (exact) mass is 126 g/mol. The van der Waals surface area contributed by atoms with E-state index in [1.807, 2.05) is 0 Å². The van der Waals surface area contributed by atoms with Gasteiger partial charge in [0.1, 0.15) is 7.85 Å². The molecule has 0 aromatic rings. The molecule has 1 aliphatic rings. The minimum atomic E-state index is -0.293. The quantitative estimate of drug-likeness (QED) is 0.464. The third-order valence-electron chi connectivity index (χ3n) is 1.53. The van der Waals surface area contributed by atoms with Crippen LogP contribution in [-0.4, -0.2) is 31.7 Å². The summed E-state index contributed by atoms with van der Waals surface area (Å²) >= 11 is 0. The van der Waals surface area contributed by atoms with Crippen LogP contribution < -0.4 is 0 Å². The lowest BCUT2D eigenvalue weighted by Gasteiger charge is -2.08. The van der Waals surface area contributed by atoms with E-state index in [1.54, 1.807) is 0 Å². The highest BCUT2D eigenvalue weighted by molar-refractivity contribution is 6.10. The minimum absolute atomic E-state index is 0.151. The van der Waals surface area contributed by atoms with Gasteiger partial charge in [-0.05, 0) is 19.3 Å². The van der Waals surface area contributed by atoms with Crippen LogP contribution >= 0.6 is 0 Å². The second-order valence-corrected chi connectivity index (χ2v) is 2.46. The Labute approximate surface area is 56.6 Å². The molecule has 0 aromatic carbocycles. The zero-order chi connectivity index (χ0) is 6.69. The van der Waals surface area contributed by atoms with Gasteiger partial charge in [0.25, 0.3) is 0 Å². The summed E-state index contributed by atoms with van der Waals surface area (Å²) < 4.78 is 5.04. The Morgan fingerprint density at radius 2 is 2.22 bits per heavy atom. The molecule has 0 aromatic heterocycles. The van der Waals surface area contributed by atoms with Crippen molar-refractivity contribution in [2.24, 2.45) is 0 Å². The van der Waals surface area contributed by atoms with Gasteiger partial charge in [-0.2, -0.15) is 0 Å². The summed E-state index contributed by atoms with van der Waals surface area (Å²) in [5.41, 5.74) is 0. The summed E-state index contributed by atoms with van der Waals surface area (Å²) in [6.45, 7) is 0.404. The van der Waals surface area contributed by atoms with E-state index >= 15 is 0 Å². The minimum Gasteiger partial charge on any atom is -0.391 e. The summed E-state index contributed by atoms with van der Waals surface area (Å²) in [7, 11) is 5.46. The van der Waals surface area contributed by atoms with Crippen molar-refractivity contribution in [3.05, 3.63) is 0 Å². The van der Waals surface area contributed by atoms with Gasteiger partial charge in [-0.1, -0.05) is 0 Å². The lowest BCUT2D eigenvalue weighted by atomic mass is 9.95. The SMILES string of the molecule is [B][C@H]1CCC[C@H](O)CO1. The summed E-state index contributed by atoms with van der Waals surface area (Å²) in [6.07, 6.45) is 2.38. The second-order valence-electron chi connectivity index (χ2n) is 2.46. The van der Waals surface area contributed by atoms with Gasteiger partial charge in [0, 0.05) is 6.00 Å². The van der Waals surface area contributed by atoms with Gasteiger partial charge in [-0.25, -0.2) is 0 Å². The Hall–Kier alpha value is -0.0151. The van der Waals surface area contributed by atoms with E-state index in [9.17, 15) is 0 Å². The van der Waals surface area contributed by atoms with Crippen LogP contribution in [0, 0.1) is 0 Å². The van der Waals surface area contributed by atoms with Crippen LogP contribution in [0.5, 0.6) is 0 Å². The number of ether oxygens (including phenoxy) is 1. The van der Waals surface area contributed by atoms with Crippen molar-refractivity contribution in [1.82, 2.24) is 0 Å². The molecule has 3 heteroatoms. The summed E-state index contributed by atoms with van der Waals surface area (Å²) in [4.78, 5) is 0. The predicted octanol–water partition coefficient (Wildman–Crippen LogP) is 0.0424. The van der Waals surface area contributed by atoms with Crippen molar-refractivity contribution in [3.63, 3.8) is 0 Å². The van der Waals surface area contributed by atoms with E-state index in [1.165, 1.54) is 0 Å². The Morgan fingerprint density at radius 3 is 3.00 bits per heavy atom. The van der Waals surface area contributed by atoms with Crippen molar-refractivity contribution in [2.45, 2.75) is 31.4 Å². The molecule has 2 atom stereocenters. The molecule has 0 spiro atoms. The second kappa shape index (κ2) is 3.23. The Balaban J connectivity index is 2.25. The molecular weight excluding hydrogens is 115 g/mol. The maximum Gasteiger partial charge on any atom is 0.108 e. The number of aliphatic hydroxyl groups excluding tert-OH is 1. The van der Waals surface area contributed by atoms with E-state index in [0.29, 0.717) is 6.61 Å². The van der Waals surface area contributed by atoms with E-state index in [4.69, 9.17) is 17.7 Å². The molecule has 1 aliphatic heterocycles. The molecule has 2 nitrogen and oxygen atoms in total. The average molecular weight is 126 g/mol. The van der Waals surface area contributed by atoms with Gasteiger partial charge in [0.2, 0.25) is 0 Å². The highest BCUT2D eigenvalue weighted by atomic mass is 16.5. The molecule has 50 valence electrons. The number of hydrogen-bond donors (Lipinski definition) is 1. The molecule has 0 saturated carbocycles. The molecule has 9 heavy (non-hydrogen) atoms. The van der Waals surface area contributed by atoms with Crippen LogP contribution in [-0.2, 0) is 4.74 Å². The fourth-order valence-electron chi connectivity index (χ4n) is 0.956. The molecule has 1 rings (SSSR count). The van der Waals surface area contributed by atoms with Crippen LogP contribution in [0.3, 0.4) is 0 Å². The summed E-state index contributed by atoms with van der Waals surface area (Å²) in [6, 6.07) is -0.151. The van der Waals surface area contributed by atoms with Crippen molar-refractivity contribution < 1.29 is 9.84 Å². The summed E-state index contributed by atoms with van der Waals surface area (Å²) in [5.74, 6) is 0. The van der Waals surface area contributed by atoms with E-state index in [2.05, 4.69) is 0 Å². The molecular formula is C6H11BO2. The number of hydrogen-bond acceptors (Lipinski definition) is 2. The first-order chi connectivity index (χ1) is 4.29. The molecule has 1 N–H and O–H groups in total. The standard InChI is InChI=1S/C6H11BO2/c7-6-3-1-2-5(8)4-9-6/h5-6,8H,1-4H2/t5-,6+/m0/s1. The zero-order valence-electron chi connectivity index (χ0n) is 5.42. The van der Waals surface area contributed by atoms with Gasteiger partial charge < -0.3 is 9.84 Å². The lowest BCUT2D eigenvalue weighted by molar-refractivity contribution is 0.0364. The van der Waals surface area contributed by atoms with Crippen LogP contribution in [0.15, 0.2) is 0 Å². The third-order valence-corrected chi connectivity index (χ3v) is 1.53. The van der Waals surface area contributed by atoms with Crippen molar-refractivity contribution >= 4 is 7.85 Å². The predicted molar refractivity (Wildman–Crippen MR) is 35.4 cm³/mol. The van der Waals surface area contributed by atoms with E-state index in [0.717, 1.165) is 19.3 Å². The van der Waals surface area contributed by atoms with Crippen LogP contribution in [0.4, 0.5) is 0 Å². The maximum absolute atomic E-state index is 9.03. The Morgan fingerprint density at radius 1 is 1.44 bits per heavy atom. The van der Waals surface area contributed by atoms with Gasteiger partial charge in [0.05, 0.1) is 12.7 Å². The highest BCUT2D eigenvalue weighted by Gasteiger charge is 2.12. The molecule has 1 saturated heterocycles. The van der Waals surface area contributed by atoms with Crippen molar-refractivity contribution in [2.75, 3.05) is 6.61 Å². The first kappa shape index (κ1) is 7.10. The third kappa shape index (κ3) is 2.37. The largest absolute Gasteiger partial charge is 0.391 e. The molecule has 1 fully saturated rings. The molecule has 0 aliphatic carbocycles. The fourth-order valence-corrected chi connectivity index (χ4v) is 0.956. The fraction of sp³-hybridized carbons (Fsp3) is 1.00. The van der Waals surface area contributed by atoms with Crippen molar-refractivity contribution in [3.8, 4) is 0 Å². The van der Waals surface area contributed by atoms with E-state index in [-0.39, 0.29) is 12.1 Å².